The van der Waals surface area contributed by atoms with Crippen molar-refractivity contribution in [3.05, 3.63) is 95.6 Å². The van der Waals surface area contributed by atoms with Crippen LogP contribution in [0.15, 0.2) is 78.9 Å². The Balaban J connectivity index is 1.16. The number of esters is 3. The Morgan fingerprint density at radius 1 is 0.538 bits per heavy atom. The second-order valence-corrected chi connectivity index (χ2v) is 15.3. The monoisotopic (exact) mass is 948 g/mol. The van der Waals surface area contributed by atoms with Gasteiger partial charge in [0.2, 0.25) is 0 Å². The minimum absolute atomic E-state index is 0.00221. The van der Waals surface area contributed by atoms with Gasteiger partial charge in [-0.2, -0.15) is 61.5 Å². The van der Waals surface area contributed by atoms with E-state index in [9.17, 15) is 75.8 Å². The van der Waals surface area contributed by atoms with E-state index in [0.717, 1.165) is 6.42 Å². The summed E-state index contributed by atoms with van der Waals surface area (Å²) >= 11 is 0. The summed E-state index contributed by atoms with van der Waals surface area (Å²) in [6.45, 7) is -1.09. The van der Waals surface area contributed by atoms with E-state index >= 15 is 0 Å². The van der Waals surface area contributed by atoms with Crippen molar-refractivity contribution in [2.75, 3.05) is 13.2 Å². The summed E-state index contributed by atoms with van der Waals surface area (Å²) in [6.07, 6.45) is -13.0. The Bertz CT molecular complexity index is 2150. The molecule has 0 saturated heterocycles. The molecule has 8 nitrogen and oxygen atoms in total. The zero-order valence-corrected chi connectivity index (χ0v) is 33.6. The summed E-state index contributed by atoms with van der Waals surface area (Å²) in [5.74, 6) is -25.6. The van der Waals surface area contributed by atoms with Gasteiger partial charge in [-0.05, 0) is 117 Å². The lowest BCUT2D eigenvalue weighted by atomic mass is 9.94. The van der Waals surface area contributed by atoms with Gasteiger partial charge in [-0.15, -0.1) is 0 Å². The highest BCUT2D eigenvalue weighted by atomic mass is 19.4. The van der Waals surface area contributed by atoms with Crippen molar-refractivity contribution in [3.8, 4) is 23.0 Å². The first-order chi connectivity index (χ1) is 30.2. The van der Waals surface area contributed by atoms with Crippen molar-refractivity contribution in [1.29, 1.82) is 0 Å². The molecule has 0 radical (unpaired) electrons. The lowest BCUT2D eigenvalue weighted by molar-refractivity contribution is -0.356. The molecule has 2 aliphatic carbocycles. The van der Waals surface area contributed by atoms with E-state index in [0.29, 0.717) is 6.42 Å². The van der Waals surface area contributed by atoms with Crippen LogP contribution in [0.3, 0.4) is 0 Å². The Morgan fingerprint density at radius 3 is 1.43 bits per heavy atom. The van der Waals surface area contributed by atoms with E-state index in [1.54, 1.807) is 0 Å². The lowest BCUT2D eigenvalue weighted by Gasteiger charge is -2.28. The second kappa shape index (κ2) is 19.9. The molecule has 0 heterocycles. The largest absolute Gasteiger partial charge is 0.494 e. The maximum absolute atomic E-state index is 13.5. The molecule has 3 aromatic carbocycles. The number of halogens is 14. The predicted molar refractivity (Wildman–Crippen MR) is 198 cm³/mol. The van der Waals surface area contributed by atoms with Crippen LogP contribution >= 0.6 is 0 Å². The van der Waals surface area contributed by atoms with Crippen LogP contribution in [0, 0.1) is 17.8 Å². The van der Waals surface area contributed by atoms with Gasteiger partial charge in [-0.25, -0.2) is 9.59 Å². The maximum atomic E-state index is 13.5. The summed E-state index contributed by atoms with van der Waals surface area (Å²) in [6, 6.07) is 13.9. The first-order valence-electron chi connectivity index (χ1n) is 19.7. The van der Waals surface area contributed by atoms with E-state index in [4.69, 9.17) is 23.7 Å². The lowest BCUT2D eigenvalue weighted by Crippen LogP contribution is -2.51. The standard InChI is InChI=1S/C43H38F14O8/c44-38(45,40(48,49)42(52,53)54)17-1-3-19-61-30-11-7-26(8-12-30)35(58)64-32-15-16-34(29(23-32)24-63-37(60)33-22-25-5-6-28(33)21-25)65-36(59)27-9-13-31(14-10-27)62-20-4-2-18-39(46,47)41(50,51)43(55,56)57/h5-16,23,25,28,33H,1-4,17-22,24H2. The average Bonchev–Trinajstić information content (AvgIpc) is 3.87. The molecular formula is C43H38F14O8. The third-order valence-electron chi connectivity index (χ3n) is 10.5. The van der Waals surface area contributed by atoms with Crippen LogP contribution in [0.25, 0.3) is 0 Å². The Hall–Kier alpha value is -5.57. The van der Waals surface area contributed by atoms with E-state index in [2.05, 4.69) is 0 Å². The van der Waals surface area contributed by atoms with Crippen molar-refractivity contribution in [2.24, 2.45) is 17.8 Å². The Labute approximate surface area is 360 Å². The molecule has 0 N–H and O–H groups in total. The number of ether oxygens (including phenoxy) is 5. The van der Waals surface area contributed by atoms with Crippen LogP contribution in [0.1, 0.15) is 77.6 Å². The van der Waals surface area contributed by atoms with Crippen LogP contribution in [0.4, 0.5) is 61.5 Å². The first-order valence-corrected chi connectivity index (χ1v) is 19.7. The van der Waals surface area contributed by atoms with Gasteiger partial charge in [0.15, 0.2) is 0 Å². The molecule has 3 aromatic rings. The van der Waals surface area contributed by atoms with Crippen molar-refractivity contribution < 1.29 is 99.5 Å². The topological polar surface area (TPSA) is 97.4 Å². The molecule has 22 heteroatoms. The molecule has 2 bridgehead atoms. The summed E-state index contributed by atoms with van der Waals surface area (Å²) in [5.41, 5.74) is 0.0229. The van der Waals surface area contributed by atoms with Crippen molar-refractivity contribution in [2.45, 2.75) is 94.0 Å². The molecule has 1 saturated carbocycles. The number of carbonyl (C=O) groups is 3. The highest BCUT2D eigenvalue weighted by Crippen LogP contribution is 2.50. The van der Waals surface area contributed by atoms with E-state index < -0.39 is 92.2 Å². The molecule has 1 fully saturated rings. The van der Waals surface area contributed by atoms with Gasteiger partial charge in [-0.1, -0.05) is 12.2 Å². The number of allylic oxidation sites excluding steroid dienone is 2. The molecule has 5 rings (SSSR count). The summed E-state index contributed by atoms with van der Waals surface area (Å²) in [4.78, 5) is 39.2. The van der Waals surface area contributed by atoms with Crippen LogP contribution in [-0.2, 0) is 16.1 Å². The highest BCUT2D eigenvalue weighted by Gasteiger charge is 2.73. The van der Waals surface area contributed by atoms with E-state index in [1.807, 2.05) is 12.2 Å². The smallest absolute Gasteiger partial charge is 0.459 e. The molecule has 0 spiro atoms. The molecule has 0 amide bonds. The summed E-state index contributed by atoms with van der Waals surface area (Å²) in [7, 11) is 0. The van der Waals surface area contributed by atoms with Crippen molar-refractivity contribution >= 4 is 17.9 Å². The highest BCUT2D eigenvalue weighted by molar-refractivity contribution is 5.92. The number of benzene rings is 3. The third kappa shape index (κ3) is 12.2. The fraction of sp³-hybridized carbons (Fsp3) is 0.465. The minimum atomic E-state index is -6.43. The summed E-state index contributed by atoms with van der Waals surface area (Å²) in [5, 5.41) is 0. The number of unbranched alkanes of at least 4 members (excludes halogenated alkanes) is 2. The van der Waals surface area contributed by atoms with Crippen LogP contribution in [-0.4, -0.2) is 67.2 Å². The molecule has 65 heavy (non-hydrogen) atoms. The SMILES string of the molecule is O=C(Oc1ccc(OC(=O)c2ccc(OCCCCC(F)(F)C(F)(F)C(F)(F)F)cc2)c(COC(=O)C2CC3C=CC2C3)c1)c1ccc(OCCCCC(F)(F)C(F)(F)C(F)(F)F)cc1. The number of alkyl halides is 14. The number of rotatable bonds is 21. The van der Waals surface area contributed by atoms with E-state index in [1.165, 1.54) is 66.7 Å². The molecule has 0 aromatic heterocycles. The Morgan fingerprint density at radius 2 is 1.00 bits per heavy atom. The third-order valence-corrected chi connectivity index (χ3v) is 10.5. The van der Waals surface area contributed by atoms with Gasteiger partial charge in [0.05, 0.1) is 30.3 Å². The van der Waals surface area contributed by atoms with Crippen LogP contribution < -0.4 is 18.9 Å². The molecular weight excluding hydrogens is 910 g/mol. The molecule has 2 aliphatic rings. The van der Waals surface area contributed by atoms with E-state index in [-0.39, 0.29) is 77.6 Å². The number of fused-ring (bicyclic) bond motifs is 2. The Kier molecular flexibility index (Phi) is 15.4. The molecule has 356 valence electrons. The van der Waals surface area contributed by atoms with Crippen LogP contribution in [0.5, 0.6) is 23.0 Å². The van der Waals surface area contributed by atoms with Crippen molar-refractivity contribution in [3.63, 3.8) is 0 Å². The van der Waals surface area contributed by atoms with Gasteiger partial charge < -0.3 is 23.7 Å². The quantitative estimate of drug-likeness (QED) is 0.0342. The van der Waals surface area contributed by atoms with Gasteiger partial charge in [0, 0.05) is 18.4 Å². The van der Waals surface area contributed by atoms with Gasteiger partial charge in [0.25, 0.3) is 0 Å². The minimum Gasteiger partial charge on any atom is -0.494 e. The molecule has 0 aliphatic heterocycles. The predicted octanol–water partition coefficient (Wildman–Crippen LogP) is 12.1. The van der Waals surface area contributed by atoms with Gasteiger partial charge in [0.1, 0.15) is 29.6 Å². The number of hydrogen-bond donors (Lipinski definition) is 0. The second-order valence-electron chi connectivity index (χ2n) is 15.3. The average molecular weight is 949 g/mol. The molecule has 3 atom stereocenters. The normalized spacial score (nSPS) is 17.8. The first kappa shape index (κ1) is 50.4. The number of hydrogen-bond acceptors (Lipinski definition) is 8. The fourth-order valence-corrected chi connectivity index (χ4v) is 6.85. The molecule has 3 unspecified atom stereocenters. The maximum Gasteiger partial charge on any atom is 0.459 e. The van der Waals surface area contributed by atoms with Gasteiger partial charge >= 0.3 is 54.0 Å². The summed E-state index contributed by atoms with van der Waals surface area (Å²) < 4.78 is 208. The van der Waals surface area contributed by atoms with Crippen LogP contribution in [0.2, 0.25) is 0 Å². The zero-order valence-electron chi connectivity index (χ0n) is 33.6. The fourth-order valence-electron chi connectivity index (χ4n) is 6.85. The van der Waals surface area contributed by atoms with Crippen molar-refractivity contribution in [1.82, 2.24) is 0 Å². The zero-order chi connectivity index (χ0) is 48.0. The van der Waals surface area contributed by atoms with Gasteiger partial charge in [-0.3, -0.25) is 4.79 Å². The number of carbonyl (C=O) groups excluding carboxylic acids is 3.